The fraction of sp³-hybridized carbons (Fsp3) is 0.682. The number of piperidine rings is 1. The van der Waals surface area contributed by atoms with E-state index in [1.807, 2.05) is 12.1 Å². The molecule has 0 saturated carbocycles. The third kappa shape index (κ3) is 4.51. The van der Waals surface area contributed by atoms with E-state index in [1.54, 1.807) is 6.92 Å². The number of Topliss-reactive ketones (excluding diaryl/α,β-unsaturated/α-hetero) is 1. The third-order valence-corrected chi connectivity index (χ3v) is 6.27. The Hall–Kier alpha value is -1.19. The monoisotopic (exact) mass is 344 g/mol. The van der Waals surface area contributed by atoms with E-state index in [9.17, 15) is 4.79 Å². The summed E-state index contributed by atoms with van der Waals surface area (Å²) in [5.41, 5.74) is 9.31. The molecule has 25 heavy (non-hydrogen) atoms. The molecular formula is C22H36N2O. The van der Waals surface area contributed by atoms with Gasteiger partial charge in [0.2, 0.25) is 0 Å². The Kier molecular flexibility index (Phi) is 7.21. The molecule has 140 valence electrons. The molecule has 1 saturated heterocycles. The minimum atomic E-state index is 0.0973. The van der Waals surface area contributed by atoms with Crippen LogP contribution in [-0.4, -0.2) is 30.3 Å². The number of nitrogens with two attached hydrogens (primary N) is 1. The van der Waals surface area contributed by atoms with Crippen LogP contribution in [0.25, 0.3) is 0 Å². The first kappa shape index (κ1) is 20.1. The second-order valence-electron chi connectivity index (χ2n) is 8.02. The molecule has 1 aliphatic heterocycles. The van der Waals surface area contributed by atoms with Gasteiger partial charge in [-0.2, -0.15) is 0 Å². The van der Waals surface area contributed by atoms with Crippen LogP contribution in [0.1, 0.15) is 81.3 Å². The predicted molar refractivity (Wildman–Crippen MR) is 106 cm³/mol. The Morgan fingerprint density at radius 3 is 2.68 bits per heavy atom. The van der Waals surface area contributed by atoms with E-state index in [0.29, 0.717) is 12.5 Å². The molecular weight excluding hydrogens is 308 g/mol. The van der Waals surface area contributed by atoms with Gasteiger partial charge in [0.25, 0.3) is 0 Å². The van der Waals surface area contributed by atoms with Gasteiger partial charge in [0.05, 0.1) is 0 Å². The summed E-state index contributed by atoms with van der Waals surface area (Å²) in [6.45, 7) is 12.6. The van der Waals surface area contributed by atoms with E-state index in [4.69, 9.17) is 5.73 Å². The topological polar surface area (TPSA) is 46.3 Å². The number of hydrogen-bond acceptors (Lipinski definition) is 3. The van der Waals surface area contributed by atoms with Crippen molar-refractivity contribution in [3.63, 3.8) is 0 Å². The summed E-state index contributed by atoms with van der Waals surface area (Å²) in [7, 11) is 0. The number of rotatable bonds is 8. The van der Waals surface area contributed by atoms with Crippen LogP contribution in [0.2, 0.25) is 0 Å². The Morgan fingerprint density at radius 1 is 1.32 bits per heavy atom. The van der Waals surface area contributed by atoms with Crippen LogP contribution in [0.5, 0.6) is 0 Å². The zero-order chi connectivity index (χ0) is 18.4. The van der Waals surface area contributed by atoms with Crippen molar-refractivity contribution in [2.45, 2.75) is 71.8 Å². The van der Waals surface area contributed by atoms with Gasteiger partial charge in [-0.3, -0.25) is 4.79 Å². The molecule has 2 N–H and O–H groups in total. The molecule has 0 spiro atoms. The van der Waals surface area contributed by atoms with Gasteiger partial charge < -0.3 is 10.6 Å². The second-order valence-corrected chi connectivity index (χ2v) is 8.02. The summed E-state index contributed by atoms with van der Waals surface area (Å²) in [5.74, 6) is 0.673. The first-order valence-electron chi connectivity index (χ1n) is 9.99. The molecule has 2 unspecified atom stereocenters. The van der Waals surface area contributed by atoms with Crippen molar-refractivity contribution in [1.29, 1.82) is 0 Å². The van der Waals surface area contributed by atoms with Crippen molar-refractivity contribution in [3.05, 3.63) is 34.9 Å². The van der Waals surface area contributed by atoms with Crippen molar-refractivity contribution >= 4 is 5.78 Å². The largest absolute Gasteiger partial charge is 0.326 e. The fourth-order valence-corrected chi connectivity index (χ4v) is 4.35. The molecule has 1 fully saturated rings. The van der Waals surface area contributed by atoms with Crippen LogP contribution in [0.3, 0.4) is 0 Å². The number of carbonyl (C=O) groups excluding carboxylic acids is 1. The highest BCUT2D eigenvalue weighted by molar-refractivity contribution is 5.96. The van der Waals surface area contributed by atoms with Gasteiger partial charge >= 0.3 is 0 Å². The number of nitrogens with zero attached hydrogens (tertiary/aromatic N) is 1. The maximum atomic E-state index is 12.0. The number of likely N-dealkylation sites (tertiary alicyclic amines) is 1. The maximum Gasteiger partial charge on any atom is 0.160 e. The van der Waals surface area contributed by atoms with E-state index in [1.165, 1.54) is 37.8 Å². The molecule has 2 rings (SSSR count). The van der Waals surface area contributed by atoms with Crippen LogP contribution in [0.4, 0.5) is 0 Å². The quantitative estimate of drug-likeness (QED) is 0.557. The van der Waals surface area contributed by atoms with Gasteiger partial charge in [0.15, 0.2) is 5.78 Å². The highest BCUT2D eigenvalue weighted by atomic mass is 16.1. The Balaban J connectivity index is 2.15. The lowest BCUT2D eigenvalue weighted by molar-refractivity contribution is 0.101. The average molecular weight is 345 g/mol. The van der Waals surface area contributed by atoms with Crippen LogP contribution in [-0.2, 0) is 12.0 Å². The van der Waals surface area contributed by atoms with Crippen molar-refractivity contribution in [2.75, 3.05) is 19.6 Å². The van der Waals surface area contributed by atoms with E-state index in [2.05, 4.69) is 31.7 Å². The fourth-order valence-electron chi connectivity index (χ4n) is 4.35. The molecule has 0 aromatic heterocycles. The smallest absolute Gasteiger partial charge is 0.160 e. The summed E-state index contributed by atoms with van der Waals surface area (Å²) in [6, 6.07) is 6.15. The van der Waals surface area contributed by atoms with Gasteiger partial charge in [-0.25, -0.2) is 0 Å². The standard InChI is InChI=1S/C22H36N2O/c1-5-6-7-8-13-24-14-12-22(4,17(2)16-24)21-11-9-10-19(18(3)25)20(21)15-23/h9-11,17H,5-8,12-16,23H2,1-4H3. The first-order valence-corrected chi connectivity index (χ1v) is 9.99. The van der Waals surface area contributed by atoms with E-state index in [0.717, 1.165) is 30.6 Å². The number of carbonyl (C=O) groups is 1. The van der Waals surface area contributed by atoms with Crippen molar-refractivity contribution in [2.24, 2.45) is 11.7 Å². The highest BCUT2D eigenvalue weighted by Gasteiger charge is 2.39. The molecule has 0 radical (unpaired) electrons. The van der Waals surface area contributed by atoms with Crippen molar-refractivity contribution < 1.29 is 4.79 Å². The molecule has 2 atom stereocenters. The second kappa shape index (κ2) is 8.95. The highest BCUT2D eigenvalue weighted by Crippen LogP contribution is 2.41. The Labute approximate surface area is 154 Å². The summed E-state index contributed by atoms with van der Waals surface area (Å²) >= 11 is 0. The SMILES string of the molecule is CCCCCCN1CCC(C)(c2cccc(C(C)=O)c2CN)C(C)C1. The zero-order valence-corrected chi connectivity index (χ0v) is 16.6. The minimum Gasteiger partial charge on any atom is -0.326 e. The summed E-state index contributed by atoms with van der Waals surface area (Å²) in [6.07, 6.45) is 6.43. The maximum absolute atomic E-state index is 12.0. The lowest BCUT2D eigenvalue weighted by Gasteiger charge is -2.46. The van der Waals surface area contributed by atoms with E-state index < -0.39 is 0 Å². The zero-order valence-electron chi connectivity index (χ0n) is 16.6. The van der Waals surface area contributed by atoms with Crippen LogP contribution < -0.4 is 5.73 Å². The molecule has 3 heteroatoms. The van der Waals surface area contributed by atoms with Crippen LogP contribution in [0, 0.1) is 5.92 Å². The molecule has 1 heterocycles. The number of hydrogen-bond donors (Lipinski definition) is 1. The van der Waals surface area contributed by atoms with E-state index in [-0.39, 0.29) is 11.2 Å². The number of unbranched alkanes of at least 4 members (excludes halogenated alkanes) is 3. The minimum absolute atomic E-state index is 0.0973. The molecule has 1 aromatic rings. The van der Waals surface area contributed by atoms with Crippen LogP contribution in [0.15, 0.2) is 18.2 Å². The Bertz CT molecular complexity index is 583. The molecule has 0 amide bonds. The normalized spacial score (nSPS) is 24.4. The summed E-state index contributed by atoms with van der Waals surface area (Å²) in [5, 5.41) is 0. The van der Waals surface area contributed by atoms with Gasteiger partial charge in [-0.1, -0.05) is 58.2 Å². The lowest BCUT2D eigenvalue weighted by atomic mass is 9.66. The molecule has 3 nitrogen and oxygen atoms in total. The van der Waals surface area contributed by atoms with Gasteiger partial charge in [-0.15, -0.1) is 0 Å². The van der Waals surface area contributed by atoms with E-state index >= 15 is 0 Å². The van der Waals surface area contributed by atoms with Crippen LogP contribution >= 0.6 is 0 Å². The van der Waals surface area contributed by atoms with Crippen molar-refractivity contribution in [1.82, 2.24) is 4.90 Å². The molecule has 0 bridgehead atoms. The van der Waals surface area contributed by atoms with Gasteiger partial charge in [0.1, 0.15) is 0 Å². The summed E-state index contributed by atoms with van der Waals surface area (Å²) in [4.78, 5) is 14.6. The molecule has 1 aromatic carbocycles. The average Bonchev–Trinajstić information content (AvgIpc) is 2.61. The predicted octanol–water partition coefficient (Wildman–Crippen LogP) is 4.53. The molecule has 1 aliphatic rings. The summed E-state index contributed by atoms with van der Waals surface area (Å²) < 4.78 is 0. The number of ketones is 1. The number of benzene rings is 1. The first-order chi connectivity index (χ1) is 11.9. The van der Waals surface area contributed by atoms with Crippen molar-refractivity contribution in [3.8, 4) is 0 Å². The Morgan fingerprint density at radius 2 is 2.08 bits per heavy atom. The molecule has 0 aliphatic carbocycles. The van der Waals surface area contributed by atoms with Gasteiger partial charge in [0, 0.05) is 18.7 Å². The van der Waals surface area contributed by atoms with Gasteiger partial charge in [-0.05, 0) is 55.3 Å². The lowest BCUT2D eigenvalue weighted by Crippen LogP contribution is -2.48. The third-order valence-electron chi connectivity index (χ3n) is 6.27.